The van der Waals surface area contributed by atoms with E-state index in [2.05, 4.69) is 21.0 Å². The minimum Gasteiger partial charge on any atom is -0.481 e. The Hall–Kier alpha value is -1.68. The normalized spacial score (nSPS) is 10.8. The van der Waals surface area contributed by atoms with Crippen LogP contribution in [0.4, 0.5) is 8.78 Å². The van der Waals surface area contributed by atoms with Crippen LogP contribution in [0.2, 0.25) is 0 Å². The fourth-order valence-electron chi connectivity index (χ4n) is 1.45. The maximum Gasteiger partial charge on any atom is 0.348 e. The van der Waals surface area contributed by atoms with E-state index in [1.54, 1.807) is 0 Å². The van der Waals surface area contributed by atoms with E-state index in [1.165, 1.54) is 0 Å². The summed E-state index contributed by atoms with van der Waals surface area (Å²) < 4.78 is 28.5. The van der Waals surface area contributed by atoms with Crippen LogP contribution < -0.4 is 5.69 Å². The van der Waals surface area contributed by atoms with Crippen molar-refractivity contribution in [2.75, 3.05) is 5.75 Å². The number of H-pyrrole nitrogens is 1. The Morgan fingerprint density at radius 3 is 2.60 bits per heavy atom. The number of carboxylic acids is 1. The van der Waals surface area contributed by atoms with E-state index in [0.717, 1.165) is 12.1 Å². The molecule has 1 aromatic carbocycles. The van der Waals surface area contributed by atoms with E-state index in [4.69, 9.17) is 5.11 Å². The summed E-state index contributed by atoms with van der Waals surface area (Å²) in [7, 11) is 0. The van der Waals surface area contributed by atoms with Gasteiger partial charge in [-0.1, -0.05) is 27.7 Å². The number of benzene rings is 1. The van der Waals surface area contributed by atoms with Crippen LogP contribution in [0, 0.1) is 11.6 Å². The molecule has 2 N–H and O–H groups in total. The molecule has 0 saturated heterocycles. The van der Waals surface area contributed by atoms with E-state index >= 15 is 0 Å². The van der Waals surface area contributed by atoms with Crippen molar-refractivity contribution in [3.05, 3.63) is 38.7 Å². The zero-order valence-corrected chi connectivity index (χ0v) is 12.0. The molecule has 0 unspecified atom stereocenters. The highest BCUT2D eigenvalue weighted by atomic mass is 79.9. The molecular formula is C10H6BrF2N3O3S. The molecule has 0 aliphatic rings. The molecule has 0 bridgehead atoms. The van der Waals surface area contributed by atoms with Gasteiger partial charge in [0.05, 0.1) is 5.75 Å². The summed E-state index contributed by atoms with van der Waals surface area (Å²) in [6.45, 7) is 0. The lowest BCUT2D eigenvalue weighted by molar-refractivity contribution is -0.133. The largest absolute Gasteiger partial charge is 0.481 e. The molecule has 1 aromatic heterocycles. The Kier molecular flexibility index (Phi) is 4.23. The highest BCUT2D eigenvalue weighted by Crippen LogP contribution is 2.25. The van der Waals surface area contributed by atoms with Crippen molar-refractivity contribution in [2.45, 2.75) is 5.16 Å². The van der Waals surface area contributed by atoms with Crippen LogP contribution >= 0.6 is 27.7 Å². The number of thioether (sulfide) groups is 1. The first-order valence-corrected chi connectivity index (χ1v) is 6.85. The van der Waals surface area contributed by atoms with Gasteiger partial charge < -0.3 is 5.11 Å². The number of aromatic nitrogens is 3. The Labute approximate surface area is 122 Å². The summed E-state index contributed by atoms with van der Waals surface area (Å²) in [5.74, 6) is -3.49. The van der Waals surface area contributed by atoms with Crippen molar-refractivity contribution in [3.8, 4) is 5.69 Å². The molecule has 2 rings (SSSR count). The Bertz CT molecular complexity index is 708. The van der Waals surface area contributed by atoms with Crippen LogP contribution in [0.5, 0.6) is 0 Å². The van der Waals surface area contributed by atoms with Gasteiger partial charge in [0.1, 0.15) is 5.69 Å². The number of aliphatic carboxylic acids is 1. The SMILES string of the molecule is O=C(O)CSc1n[nH]c(=O)n1-c1c(F)cc(Br)cc1F. The molecule has 0 saturated carbocycles. The number of aromatic amines is 1. The summed E-state index contributed by atoms with van der Waals surface area (Å²) in [5, 5.41) is 14.0. The van der Waals surface area contributed by atoms with Gasteiger partial charge in [-0.3, -0.25) is 4.79 Å². The molecule has 1 heterocycles. The predicted molar refractivity (Wildman–Crippen MR) is 70.2 cm³/mol. The van der Waals surface area contributed by atoms with Gasteiger partial charge in [0.25, 0.3) is 0 Å². The number of nitrogens with zero attached hydrogens (tertiary/aromatic N) is 2. The summed E-state index contributed by atoms with van der Waals surface area (Å²) in [5.41, 5.74) is -1.47. The van der Waals surface area contributed by atoms with Crippen molar-refractivity contribution in [3.63, 3.8) is 0 Å². The molecule has 10 heteroatoms. The molecule has 20 heavy (non-hydrogen) atoms. The van der Waals surface area contributed by atoms with Crippen molar-refractivity contribution >= 4 is 33.7 Å². The van der Waals surface area contributed by atoms with Crippen molar-refractivity contribution in [1.29, 1.82) is 0 Å². The zero-order valence-electron chi connectivity index (χ0n) is 9.56. The number of rotatable bonds is 4. The van der Waals surface area contributed by atoms with Gasteiger partial charge in [0, 0.05) is 4.47 Å². The maximum absolute atomic E-state index is 13.8. The molecule has 0 aliphatic heterocycles. The lowest BCUT2D eigenvalue weighted by Gasteiger charge is -2.07. The number of carboxylic acid groups (broad SMARTS) is 1. The average molecular weight is 366 g/mol. The van der Waals surface area contributed by atoms with Gasteiger partial charge in [-0.2, -0.15) is 0 Å². The van der Waals surface area contributed by atoms with Gasteiger partial charge in [-0.05, 0) is 12.1 Å². The fourth-order valence-corrected chi connectivity index (χ4v) is 2.52. The minimum absolute atomic E-state index is 0.141. The van der Waals surface area contributed by atoms with Crippen LogP contribution in [0.3, 0.4) is 0 Å². The third-order valence-electron chi connectivity index (χ3n) is 2.17. The maximum atomic E-state index is 13.8. The number of nitrogens with one attached hydrogen (secondary N) is 1. The second-order valence-corrected chi connectivity index (χ2v) is 5.41. The molecule has 0 radical (unpaired) electrons. The van der Waals surface area contributed by atoms with Crippen molar-refractivity contribution in [1.82, 2.24) is 14.8 Å². The fraction of sp³-hybridized carbons (Fsp3) is 0.100. The quantitative estimate of drug-likeness (QED) is 0.806. The van der Waals surface area contributed by atoms with Gasteiger partial charge >= 0.3 is 11.7 Å². The molecule has 0 aliphatic carbocycles. The molecule has 0 fully saturated rings. The molecule has 2 aromatic rings. The monoisotopic (exact) mass is 365 g/mol. The van der Waals surface area contributed by atoms with E-state index in [0.29, 0.717) is 16.3 Å². The average Bonchev–Trinajstić information content (AvgIpc) is 2.67. The van der Waals surface area contributed by atoms with Crippen LogP contribution in [0.15, 0.2) is 26.6 Å². The van der Waals surface area contributed by atoms with Crippen molar-refractivity contribution < 1.29 is 18.7 Å². The second kappa shape index (κ2) is 5.75. The molecule has 0 amide bonds. The first-order valence-electron chi connectivity index (χ1n) is 5.07. The first kappa shape index (κ1) is 14.7. The highest BCUT2D eigenvalue weighted by Gasteiger charge is 2.20. The number of hydrogen-bond acceptors (Lipinski definition) is 4. The van der Waals surface area contributed by atoms with Crippen LogP contribution in [-0.4, -0.2) is 31.6 Å². The van der Waals surface area contributed by atoms with E-state index < -0.39 is 34.7 Å². The third-order valence-corrected chi connectivity index (χ3v) is 3.55. The topological polar surface area (TPSA) is 88.0 Å². The van der Waals surface area contributed by atoms with Crippen LogP contribution in [0.25, 0.3) is 5.69 Å². The molecular weight excluding hydrogens is 360 g/mol. The van der Waals surface area contributed by atoms with E-state index in [-0.39, 0.29) is 9.63 Å². The Morgan fingerprint density at radius 1 is 1.45 bits per heavy atom. The minimum atomic E-state index is -1.14. The summed E-state index contributed by atoms with van der Waals surface area (Å²) in [6, 6.07) is 1.98. The Morgan fingerprint density at radius 2 is 2.05 bits per heavy atom. The lowest BCUT2D eigenvalue weighted by atomic mass is 10.3. The number of carbonyl (C=O) groups is 1. The second-order valence-electron chi connectivity index (χ2n) is 3.55. The molecule has 0 spiro atoms. The summed E-state index contributed by atoms with van der Waals surface area (Å²) in [6.07, 6.45) is 0. The Balaban J connectivity index is 2.56. The standard InChI is InChI=1S/C10H6BrF2N3O3S/c11-4-1-5(12)8(6(13)2-4)16-9(19)14-15-10(16)20-3-7(17)18/h1-2H,3H2,(H,14,19)(H,17,18). The smallest absolute Gasteiger partial charge is 0.348 e. The van der Waals surface area contributed by atoms with E-state index in [1.807, 2.05) is 5.10 Å². The van der Waals surface area contributed by atoms with Gasteiger partial charge in [-0.15, -0.1) is 5.10 Å². The number of hydrogen-bond donors (Lipinski definition) is 2. The molecule has 106 valence electrons. The van der Waals surface area contributed by atoms with Gasteiger partial charge in [0.2, 0.25) is 0 Å². The molecule has 0 atom stereocenters. The highest BCUT2D eigenvalue weighted by molar-refractivity contribution is 9.10. The van der Waals surface area contributed by atoms with Crippen LogP contribution in [-0.2, 0) is 4.79 Å². The summed E-state index contributed by atoms with van der Waals surface area (Å²) >= 11 is 3.59. The van der Waals surface area contributed by atoms with Gasteiger partial charge in [-0.25, -0.2) is 23.2 Å². The van der Waals surface area contributed by atoms with Crippen LogP contribution in [0.1, 0.15) is 0 Å². The van der Waals surface area contributed by atoms with Gasteiger partial charge in [0.15, 0.2) is 16.8 Å². The first-order chi connectivity index (χ1) is 9.40. The van der Waals surface area contributed by atoms with E-state index in [9.17, 15) is 18.4 Å². The van der Waals surface area contributed by atoms with Crippen molar-refractivity contribution in [2.24, 2.45) is 0 Å². The molecule has 6 nitrogen and oxygen atoms in total. The lowest BCUT2D eigenvalue weighted by Crippen LogP contribution is -2.18. The zero-order chi connectivity index (χ0) is 14.9. The predicted octanol–water partition coefficient (Wildman–Crippen LogP) is 1.78. The third kappa shape index (κ3) is 2.90. The summed E-state index contributed by atoms with van der Waals surface area (Å²) in [4.78, 5) is 22.1. The number of halogens is 3.